The van der Waals surface area contributed by atoms with E-state index < -0.39 is 0 Å². The maximum absolute atomic E-state index is 13.2. The fourth-order valence-corrected chi connectivity index (χ4v) is 2.53. The van der Waals surface area contributed by atoms with Crippen molar-refractivity contribution < 1.29 is 4.39 Å². The lowest BCUT2D eigenvalue weighted by atomic mass is 9.72. The average molecular weight is 235 g/mol. The number of piperidine rings is 1. The van der Waals surface area contributed by atoms with Crippen LogP contribution in [0.25, 0.3) is 0 Å². The molecule has 2 rings (SSSR count). The topological polar surface area (TPSA) is 3.24 Å². The Balaban J connectivity index is 2.04. The fraction of sp³-hybridized carbons (Fsp3) is 0.600. The van der Waals surface area contributed by atoms with Crippen molar-refractivity contribution in [2.24, 2.45) is 11.3 Å². The highest BCUT2D eigenvalue weighted by Gasteiger charge is 2.32. The summed E-state index contributed by atoms with van der Waals surface area (Å²) in [4.78, 5) is 2.30. The number of hydrogen-bond acceptors (Lipinski definition) is 1. The summed E-state index contributed by atoms with van der Waals surface area (Å²) >= 11 is 0. The van der Waals surface area contributed by atoms with E-state index >= 15 is 0 Å². The van der Waals surface area contributed by atoms with Gasteiger partial charge in [0.15, 0.2) is 0 Å². The van der Waals surface area contributed by atoms with Gasteiger partial charge in [-0.15, -0.1) is 0 Å². The lowest BCUT2D eigenvalue weighted by molar-refractivity contribution is 0.166. The van der Waals surface area contributed by atoms with Crippen molar-refractivity contribution in [3.05, 3.63) is 30.1 Å². The summed E-state index contributed by atoms with van der Waals surface area (Å²) in [5, 5.41) is 0. The molecule has 0 atom stereocenters. The largest absolute Gasteiger partial charge is 0.371 e. The van der Waals surface area contributed by atoms with Gasteiger partial charge in [0, 0.05) is 18.8 Å². The molecule has 0 saturated carbocycles. The lowest BCUT2D eigenvalue weighted by Crippen LogP contribution is -2.41. The maximum atomic E-state index is 13.2. The van der Waals surface area contributed by atoms with Gasteiger partial charge in [0.2, 0.25) is 0 Å². The molecular weight excluding hydrogens is 213 g/mol. The van der Waals surface area contributed by atoms with Crippen molar-refractivity contribution in [3.8, 4) is 0 Å². The van der Waals surface area contributed by atoms with Gasteiger partial charge >= 0.3 is 0 Å². The molecule has 1 aromatic carbocycles. The Morgan fingerprint density at radius 3 is 2.41 bits per heavy atom. The van der Waals surface area contributed by atoms with Crippen molar-refractivity contribution in [1.82, 2.24) is 0 Å². The first-order chi connectivity index (χ1) is 8.01. The zero-order valence-electron chi connectivity index (χ0n) is 11.0. The number of nitrogens with zero attached hydrogens (tertiary/aromatic N) is 1. The predicted molar refractivity (Wildman–Crippen MR) is 70.8 cm³/mol. The van der Waals surface area contributed by atoms with Crippen LogP contribution in [0.3, 0.4) is 0 Å². The van der Waals surface area contributed by atoms with Crippen LogP contribution < -0.4 is 4.90 Å². The number of rotatable bonds is 2. The van der Waals surface area contributed by atoms with E-state index in [1.165, 1.54) is 18.9 Å². The molecule has 0 radical (unpaired) electrons. The molecule has 0 unspecified atom stereocenters. The first kappa shape index (κ1) is 12.4. The first-order valence-corrected chi connectivity index (χ1v) is 6.52. The van der Waals surface area contributed by atoms with Crippen LogP contribution in [0.5, 0.6) is 0 Å². The third kappa shape index (κ3) is 2.62. The van der Waals surface area contributed by atoms with Crippen LogP contribution in [0.15, 0.2) is 24.3 Å². The third-order valence-electron chi connectivity index (χ3n) is 4.47. The standard InChI is InChI=1S/C15H22FN/c1-12(2)15(3)7-9-17(10-8-15)14-6-4-5-13(16)11-14/h4-6,11-12H,7-10H2,1-3H3. The summed E-state index contributed by atoms with van der Waals surface area (Å²) in [7, 11) is 0. The van der Waals surface area contributed by atoms with Crippen LogP contribution in [0.4, 0.5) is 10.1 Å². The van der Waals surface area contributed by atoms with Crippen LogP contribution in [-0.4, -0.2) is 13.1 Å². The van der Waals surface area contributed by atoms with E-state index in [2.05, 4.69) is 25.7 Å². The lowest BCUT2D eigenvalue weighted by Gasteiger charge is -2.43. The summed E-state index contributed by atoms with van der Waals surface area (Å²) in [6, 6.07) is 6.94. The minimum absolute atomic E-state index is 0.139. The van der Waals surface area contributed by atoms with E-state index in [0.29, 0.717) is 5.41 Å². The molecule has 1 saturated heterocycles. The smallest absolute Gasteiger partial charge is 0.125 e. The van der Waals surface area contributed by atoms with Crippen molar-refractivity contribution in [1.29, 1.82) is 0 Å². The molecule has 1 heterocycles. The second-order valence-electron chi connectivity index (χ2n) is 5.78. The highest BCUT2D eigenvalue weighted by atomic mass is 19.1. The highest BCUT2D eigenvalue weighted by Crippen LogP contribution is 2.39. The Kier molecular flexibility index (Phi) is 3.41. The van der Waals surface area contributed by atoms with Crippen LogP contribution >= 0.6 is 0 Å². The molecule has 94 valence electrons. The molecule has 1 aliphatic heterocycles. The fourth-order valence-electron chi connectivity index (χ4n) is 2.53. The van der Waals surface area contributed by atoms with Crippen LogP contribution in [0, 0.1) is 17.2 Å². The normalized spacial score (nSPS) is 19.7. The minimum Gasteiger partial charge on any atom is -0.371 e. The Morgan fingerprint density at radius 2 is 1.88 bits per heavy atom. The zero-order valence-corrected chi connectivity index (χ0v) is 11.0. The quantitative estimate of drug-likeness (QED) is 0.746. The van der Waals surface area contributed by atoms with E-state index in [1.54, 1.807) is 12.1 Å². The molecule has 2 heteroatoms. The van der Waals surface area contributed by atoms with Crippen molar-refractivity contribution in [3.63, 3.8) is 0 Å². The van der Waals surface area contributed by atoms with Crippen LogP contribution in [0.2, 0.25) is 0 Å². The number of anilines is 1. The monoisotopic (exact) mass is 235 g/mol. The summed E-state index contributed by atoms with van der Waals surface area (Å²) in [5.74, 6) is 0.580. The average Bonchev–Trinajstić information content (AvgIpc) is 2.30. The van der Waals surface area contributed by atoms with Crippen LogP contribution in [-0.2, 0) is 0 Å². The number of halogens is 1. The molecule has 1 nitrogen and oxygen atoms in total. The van der Waals surface area contributed by atoms with Gasteiger partial charge in [0.25, 0.3) is 0 Å². The molecule has 0 aliphatic carbocycles. The molecule has 17 heavy (non-hydrogen) atoms. The molecule has 0 amide bonds. The van der Waals surface area contributed by atoms with Gasteiger partial charge < -0.3 is 4.90 Å². The van der Waals surface area contributed by atoms with Gasteiger partial charge in [0.1, 0.15) is 5.82 Å². The Labute approximate surface area is 104 Å². The summed E-state index contributed by atoms with van der Waals surface area (Å²) in [6.45, 7) is 9.06. The zero-order chi connectivity index (χ0) is 12.5. The highest BCUT2D eigenvalue weighted by molar-refractivity contribution is 5.46. The van der Waals surface area contributed by atoms with E-state index in [1.807, 2.05) is 6.07 Å². The van der Waals surface area contributed by atoms with Gasteiger partial charge in [0.05, 0.1) is 0 Å². The van der Waals surface area contributed by atoms with Gasteiger partial charge in [-0.2, -0.15) is 0 Å². The number of hydrogen-bond donors (Lipinski definition) is 0. The second-order valence-corrected chi connectivity index (χ2v) is 5.78. The predicted octanol–water partition coefficient (Wildman–Crippen LogP) is 4.09. The third-order valence-corrected chi connectivity index (χ3v) is 4.47. The molecule has 0 N–H and O–H groups in total. The molecule has 0 spiro atoms. The molecule has 1 aliphatic rings. The van der Waals surface area contributed by atoms with Gasteiger partial charge in [-0.3, -0.25) is 0 Å². The van der Waals surface area contributed by atoms with Crippen molar-refractivity contribution in [2.75, 3.05) is 18.0 Å². The SMILES string of the molecule is CC(C)C1(C)CCN(c2cccc(F)c2)CC1. The molecule has 0 bridgehead atoms. The van der Waals surface area contributed by atoms with E-state index in [-0.39, 0.29) is 5.82 Å². The van der Waals surface area contributed by atoms with Gasteiger partial charge in [-0.05, 0) is 42.4 Å². The molecular formula is C15H22FN. The first-order valence-electron chi connectivity index (χ1n) is 6.52. The van der Waals surface area contributed by atoms with Gasteiger partial charge in [-0.1, -0.05) is 26.8 Å². The maximum Gasteiger partial charge on any atom is 0.125 e. The van der Waals surface area contributed by atoms with E-state index in [9.17, 15) is 4.39 Å². The van der Waals surface area contributed by atoms with Crippen molar-refractivity contribution >= 4 is 5.69 Å². The van der Waals surface area contributed by atoms with Crippen LogP contribution in [0.1, 0.15) is 33.6 Å². The van der Waals surface area contributed by atoms with E-state index in [4.69, 9.17) is 0 Å². The molecule has 0 aromatic heterocycles. The van der Waals surface area contributed by atoms with Gasteiger partial charge in [-0.25, -0.2) is 4.39 Å². The summed E-state index contributed by atoms with van der Waals surface area (Å²) < 4.78 is 13.2. The second kappa shape index (κ2) is 4.67. The molecule has 1 aromatic rings. The summed E-state index contributed by atoms with van der Waals surface area (Å²) in [6.07, 6.45) is 2.39. The summed E-state index contributed by atoms with van der Waals surface area (Å²) in [5.41, 5.74) is 1.47. The Morgan fingerprint density at radius 1 is 1.24 bits per heavy atom. The Bertz CT molecular complexity index is 378. The minimum atomic E-state index is -0.139. The van der Waals surface area contributed by atoms with Crippen molar-refractivity contribution in [2.45, 2.75) is 33.6 Å². The van der Waals surface area contributed by atoms with E-state index in [0.717, 1.165) is 24.7 Å². The molecule has 1 fully saturated rings. The Hall–Kier alpha value is -1.05. The number of benzene rings is 1.